The van der Waals surface area contributed by atoms with Crippen molar-refractivity contribution < 1.29 is 19.4 Å². The van der Waals surface area contributed by atoms with Gasteiger partial charge in [-0.05, 0) is 12.3 Å². The second-order valence-electron chi connectivity index (χ2n) is 5.22. The zero-order valence-corrected chi connectivity index (χ0v) is 10.6. The third-order valence-corrected chi connectivity index (χ3v) is 3.86. The second kappa shape index (κ2) is 6.03. The van der Waals surface area contributed by atoms with Crippen LogP contribution in [0.3, 0.4) is 0 Å². The van der Waals surface area contributed by atoms with Crippen LogP contribution in [0.15, 0.2) is 11.3 Å². The Morgan fingerprint density at radius 1 is 1.22 bits per heavy atom. The molecule has 2 aliphatic rings. The summed E-state index contributed by atoms with van der Waals surface area (Å²) in [7, 11) is 0. The van der Waals surface area contributed by atoms with Crippen LogP contribution >= 0.6 is 0 Å². The first-order valence-corrected chi connectivity index (χ1v) is 6.81. The molecule has 2 rings (SSSR count). The number of ether oxygens (including phenoxy) is 1. The molecule has 18 heavy (non-hydrogen) atoms. The predicted molar refractivity (Wildman–Crippen MR) is 66.0 cm³/mol. The number of hydrogen-bond acceptors (Lipinski definition) is 4. The van der Waals surface area contributed by atoms with Crippen LogP contribution in [0.25, 0.3) is 0 Å². The van der Waals surface area contributed by atoms with E-state index in [9.17, 15) is 14.7 Å². The topological polar surface area (TPSA) is 63.6 Å². The Balaban J connectivity index is 1.80. The molecule has 1 saturated heterocycles. The summed E-state index contributed by atoms with van der Waals surface area (Å²) in [5.41, 5.74) is -0.126. The maximum absolute atomic E-state index is 11.3. The largest absolute Gasteiger partial charge is 0.511 e. The Morgan fingerprint density at radius 2 is 1.94 bits per heavy atom. The smallest absolute Gasteiger partial charge is 0.345 e. The van der Waals surface area contributed by atoms with Gasteiger partial charge >= 0.3 is 5.97 Å². The number of allylic oxidation sites excluding steroid dienone is 1. The van der Waals surface area contributed by atoms with Crippen LogP contribution in [0.4, 0.5) is 0 Å². The minimum atomic E-state index is -0.671. The molecule has 0 atom stereocenters. The SMILES string of the molecule is O=C1COC(=O)C1=C(O)CCCC1CCCCC1. The number of rotatable bonds is 4. The molecular weight excluding hydrogens is 232 g/mol. The molecule has 4 heteroatoms. The number of carbonyl (C=O) groups is 2. The Bertz CT molecular complexity index is 346. The zero-order valence-electron chi connectivity index (χ0n) is 10.6. The van der Waals surface area contributed by atoms with E-state index in [1.807, 2.05) is 0 Å². The van der Waals surface area contributed by atoms with Gasteiger partial charge in [-0.15, -0.1) is 0 Å². The van der Waals surface area contributed by atoms with Gasteiger partial charge < -0.3 is 9.84 Å². The van der Waals surface area contributed by atoms with Crippen molar-refractivity contribution in [1.82, 2.24) is 0 Å². The fraction of sp³-hybridized carbons (Fsp3) is 0.714. The van der Waals surface area contributed by atoms with Crippen LogP contribution in [0.1, 0.15) is 51.4 Å². The molecule has 1 heterocycles. The van der Waals surface area contributed by atoms with Crippen LogP contribution in [0.5, 0.6) is 0 Å². The van der Waals surface area contributed by atoms with E-state index in [1.165, 1.54) is 32.1 Å². The molecule has 4 nitrogen and oxygen atoms in total. The van der Waals surface area contributed by atoms with E-state index >= 15 is 0 Å². The minimum Gasteiger partial charge on any atom is -0.511 e. The standard InChI is InChI=1S/C14H20O4/c15-11(13-12(16)9-18-14(13)17)8-4-7-10-5-2-1-3-6-10/h10,15H,1-9H2. The quantitative estimate of drug-likeness (QED) is 0.361. The zero-order chi connectivity index (χ0) is 13.0. The Hall–Kier alpha value is -1.32. The Labute approximate surface area is 107 Å². The summed E-state index contributed by atoms with van der Waals surface area (Å²) in [6.45, 7) is -0.221. The molecule has 0 aromatic heterocycles. The molecule has 1 saturated carbocycles. The fourth-order valence-electron chi connectivity index (χ4n) is 2.83. The normalized spacial score (nSPS) is 24.2. The highest BCUT2D eigenvalue weighted by Gasteiger charge is 2.31. The van der Waals surface area contributed by atoms with Crippen LogP contribution in [0, 0.1) is 5.92 Å². The molecule has 2 fully saturated rings. The van der Waals surface area contributed by atoms with Gasteiger partial charge in [-0.25, -0.2) is 4.79 Å². The lowest BCUT2D eigenvalue weighted by Gasteiger charge is -2.21. The highest BCUT2D eigenvalue weighted by Crippen LogP contribution is 2.28. The van der Waals surface area contributed by atoms with Crippen LogP contribution in [-0.4, -0.2) is 23.5 Å². The van der Waals surface area contributed by atoms with E-state index in [-0.39, 0.29) is 17.9 Å². The molecule has 0 spiro atoms. The molecule has 0 radical (unpaired) electrons. The van der Waals surface area contributed by atoms with Gasteiger partial charge in [0.2, 0.25) is 5.78 Å². The number of Topliss-reactive ketones (excluding diaryl/α,β-unsaturated/α-hetero) is 1. The predicted octanol–water partition coefficient (Wildman–Crippen LogP) is 2.68. The average Bonchev–Trinajstić information content (AvgIpc) is 2.70. The molecule has 1 N–H and O–H groups in total. The Kier molecular flexibility index (Phi) is 4.39. The van der Waals surface area contributed by atoms with Crippen molar-refractivity contribution in [1.29, 1.82) is 0 Å². The van der Waals surface area contributed by atoms with Crippen molar-refractivity contribution in [3.8, 4) is 0 Å². The van der Waals surface area contributed by atoms with Gasteiger partial charge in [0, 0.05) is 6.42 Å². The average molecular weight is 252 g/mol. The third-order valence-electron chi connectivity index (χ3n) is 3.86. The van der Waals surface area contributed by atoms with Crippen LogP contribution < -0.4 is 0 Å². The molecule has 0 aromatic rings. The number of aliphatic hydroxyl groups is 1. The number of ketones is 1. The highest BCUT2D eigenvalue weighted by molar-refractivity contribution is 6.22. The maximum Gasteiger partial charge on any atom is 0.345 e. The summed E-state index contributed by atoms with van der Waals surface area (Å²) in [4.78, 5) is 22.6. The summed E-state index contributed by atoms with van der Waals surface area (Å²) in [6, 6.07) is 0. The minimum absolute atomic E-state index is 0.0849. The third kappa shape index (κ3) is 3.12. The van der Waals surface area contributed by atoms with E-state index in [4.69, 9.17) is 0 Å². The summed E-state index contributed by atoms with van der Waals surface area (Å²) in [6.07, 6.45) is 8.82. The summed E-state index contributed by atoms with van der Waals surface area (Å²) < 4.78 is 4.59. The van der Waals surface area contributed by atoms with E-state index in [2.05, 4.69) is 4.74 Å². The molecule has 1 aliphatic carbocycles. The number of esters is 1. The van der Waals surface area contributed by atoms with E-state index in [1.54, 1.807) is 0 Å². The first-order valence-electron chi connectivity index (χ1n) is 6.81. The molecule has 1 aliphatic heterocycles. The van der Waals surface area contributed by atoms with Crippen LogP contribution in [0.2, 0.25) is 0 Å². The van der Waals surface area contributed by atoms with Crippen molar-refractivity contribution in [3.63, 3.8) is 0 Å². The number of cyclic esters (lactones) is 1. The summed E-state index contributed by atoms with van der Waals surface area (Å²) in [5.74, 6) is -0.397. The van der Waals surface area contributed by atoms with Crippen molar-refractivity contribution >= 4 is 11.8 Å². The summed E-state index contributed by atoms with van der Waals surface area (Å²) in [5, 5.41) is 9.78. The Morgan fingerprint density at radius 3 is 2.56 bits per heavy atom. The molecule has 0 aromatic carbocycles. The maximum atomic E-state index is 11.3. The number of carbonyl (C=O) groups excluding carboxylic acids is 2. The lowest BCUT2D eigenvalue weighted by molar-refractivity contribution is -0.135. The van der Waals surface area contributed by atoms with Gasteiger partial charge in [0.15, 0.2) is 6.61 Å². The van der Waals surface area contributed by atoms with Crippen molar-refractivity contribution in [3.05, 3.63) is 11.3 Å². The number of aliphatic hydroxyl groups excluding tert-OH is 1. The highest BCUT2D eigenvalue weighted by atomic mass is 16.5. The molecule has 0 amide bonds. The summed E-state index contributed by atoms with van der Waals surface area (Å²) >= 11 is 0. The van der Waals surface area contributed by atoms with Gasteiger partial charge in [-0.1, -0.05) is 38.5 Å². The van der Waals surface area contributed by atoms with Gasteiger partial charge in [-0.3, -0.25) is 4.79 Å². The number of hydrogen-bond donors (Lipinski definition) is 1. The lowest BCUT2D eigenvalue weighted by atomic mass is 9.85. The van der Waals surface area contributed by atoms with Gasteiger partial charge in [-0.2, -0.15) is 0 Å². The van der Waals surface area contributed by atoms with Gasteiger partial charge in [0.25, 0.3) is 0 Å². The van der Waals surface area contributed by atoms with Crippen LogP contribution in [-0.2, 0) is 14.3 Å². The molecular formula is C14H20O4. The molecule has 0 bridgehead atoms. The van der Waals surface area contributed by atoms with E-state index < -0.39 is 11.8 Å². The lowest BCUT2D eigenvalue weighted by Crippen LogP contribution is -2.08. The monoisotopic (exact) mass is 252 g/mol. The fourth-order valence-corrected chi connectivity index (χ4v) is 2.83. The van der Waals surface area contributed by atoms with Gasteiger partial charge in [0.1, 0.15) is 11.3 Å². The van der Waals surface area contributed by atoms with E-state index in [0.717, 1.165) is 18.8 Å². The van der Waals surface area contributed by atoms with E-state index in [0.29, 0.717) is 6.42 Å². The van der Waals surface area contributed by atoms with Crippen molar-refractivity contribution in [2.45, 2.75) is 51.4 Å². The van der Waals surface area contributed by atoms with Gasteiger partial charge in [0.05, 0.1) is 0 Å². The second-order valence-corrected chi connectivity index (χ2v) is 5.22. The molecule has 0 unspecified atom stereocenters. The molecule has 100 valence electrons. The first-order chi connectivity index (χ1) is 8.68. The van der Waals surface area contributed by atoms with Crippen molar-refractivity contribution in [2.24, 2.45) is 5.92 Å². The first kappa shape index (κ1) is 13.1. The van der Waals surface area contributed by atoms with Crippen molar-refractivity contribution in [2.75, 3.05) is 6.61 Å².